The highest BCUT2D eigenvalue weighted by atomic mass is 79.9. The van der Waals surface area contributed by atoms with E-state index in [0.717, 1.165) is 5.56 Å². The monoisotopic (exact) mass is 482 g/mol. The molecule has 0 bridgehead atoms. The molecule has 2 amide bonds. The summed E-state index contributed by atoms with van der Waals surface area (Å²) >= 11 is 15.4. The van der Waals surface area contributed by atoms with Crippen LogP contribution >= 0.6 is 51.5 Å². The Morgan fingerprint density at radius 1 is 1.30 bits per heavy atom. The van der Waals surface area contributed by atoms with Crippen LogP contribution in [-0.2, 0) is 9.59 Å². The van der Waals surface area contributed by atoms with Crippen molar-refractivity contribution in [3.63, 3.8) is 0 Å². The van der Waals surface area contributed by atoms with Gasteiger partial charge in [-0.3, -0.25) is 9.59 Å². The number of halogens is 2. The van der Waals surface area contributed by atoms with Gasteiger partial charge < -0.3 is 15.4 Å². The molecule has 1 heterocycles. The highest BCUT2D eigenvalue weighted by Crippen LogP contribution is 2.30. The van der Waals surface area contributed by atoms with Crippen molar-refractivity contribution in [2.75, 3.05) is 11.9 Å². The summed E-state index contributed by atoms with van der Waals surface area (Å²) in [6, 6.07) is 12.1. The molecule has 1 aliphatic heterocycles. The first-order valence-corrected chi connectivity index (χ1v) is 10.0. The van der Waals surface area contributed by atoms with Crippen LogP contribution in [0.4, 0.5) is 5.69 Å². The molecule has 2 aromatic carbocycles. The van der Waals surface area contributed by atoms with Crippen LogP contribution in [0, 0.1) is 0 Å². The van der Waals surface area contributed by atoms with Crippen LogP contribution in [0.15, 0.2) is 51.8 Å². The molecule has 1 aliphatic rings. The molecule has 2 aromatic rings. The number of hydrogen-bond donors (Lipinski definition) is 2. The van der Waals surface area contributed by atoms with Gasteiger partial charge in [-0.25, -0.2) is 0 Å². The highest BCUT2D eigenvalue weighted by molar-refractivity contribution is 9.10. The summed E-state index contributed by atoms with van der Waals surface area (Å²) in [6.07, 6.45) is 1.74. The number of anilines is 1. The Bertz CT molecular complexity index is 948. The third-order valence-corrected chi connectivity index (χ3v) is 5.42. The van der Waals surface area contributed by atoms with Crippen molar-refractivity contribution in [1.82, 2.24) is 5.32 Å². The largest absolute Gasteiger partial charge is 0.483 e. The van der Waals surface area contributed by atoms with Gasteiger partial charge in [0, 0.05) is 10.7 Å². The fourth-order valence-electron chi connectivity index (χ4n) is 2.17. The van der Waals surface area contributed by atoms with Gasteiger partial charge in [-0.15, -0.1) is 0 Å². The van der Waals surface area contributed by atoms with Gasteiger partial charge in [0.1, 0.15) is 10.1 Å². The highest BCUT2D eigenvalue weighted by Gasteiger charge is 2.22. The van der Waals surface area contributed by atoms with Gasteiger partial charge in [0.2, 0.25) is 0 Å². The molecule has 0 unspecified atom stereocenters. The predicted octanol–water partition coefficient (Wildman–Crippen LogP) is 4.61. The predicted molar refractivity (Wildman–Crippen MR) is 116 cm³/mol. The zero-order valence-electron chi connectivity index (χ0n) is 13.6. The van der Waals surface area contributed by atoms with Gasteiger partial charge >= 0.3 is 0 Å². The minimum atomic E-state index is -0.289. The summed E-state index contributed by atoms with van der Waals surface area (Å²) in [5, 5.41) is 5.88. The van der Waals surface area contributed by atoms with Gasteiger partial charge in [0.05, 0.1) is 9.38 Å². The second-order valence-electron chi connectivity index (χ2n) is 5.39. The van der Waals surface area contributed by atoms with E-state index in [0.29, 0.717) is 30.2 Å². The molecule has 0 saturated carbocycles. The first-order chi connectivity index (χ1) is 12.9. The summed E-state index contributed by atoms with van der Waals surface area (Å²) in [7, 11) is 0. The van der Waals surface area contributed by atoms with Crippen molar-refractivity contribution in [3.8, 4) is 5.75 Å². The number of nitrogens with one attached hydrogen (secondary N) is 2. The topological polar surface area (TPSA) is 67.4 Å². The smallest absolute Gasteiger partial charge is 0.263 e. The molecule has 27 heavy (non-hydrogen) atoms. The van der Waals surface area contributed by atoms with Crippen LogP contribution in [0.3, 0.4) is 0 Å². The Balaban J connectivity index is 1.60. The van der Waals surface area contributed by atoms with Crippen LogP contribution in [0.1, 0.15) is 5.56 Å². The standard InChI is InChI=1S/C18H12BrClN2O3S2/c19-13-7-10(8-15-17(24)22-18(26)27-15)1-6-14(13)25-9-16(23)21-12-4-2-11(20)3-5-12/h1-8H,9H2,(H,21,23)(H,22,24,26). The zero-order valence-corrected chi connectivity index (χ0v) is 17.6. The number of benzene rings is 2. The quantitative estimate of drug-likeness (QED) is 0.480. The molecule has 0 aliphatic carbocycles. The number of rotatable bonds is 5. The summed E-state index contributed by atoms with van der Waals surface area (Å²) in [5.74, 6) is 0.0192. The lowest BCUT2D eigenvalue weighted by molar-refractivity contribution is -0.118. The maximum atomic E-state index is 12.0. The molecule has 0 aromatic heterocycles. The molecule has 0 spiro atoms. The number of carbonyl (C=O) groups is 2. The maximum absolute atomic E-state index is 12.0. The van der Waals surface area contributed by atoms with Crippen molar-refractivity contribution in [2.45, 2.75) is 0 Å². The molecule has 9 heteroatoms. The lowest BCUT2D eigenvalue weighted by Crippen LogP contribution is -2.20. The summed E-state index contributed by atoms with van der Waals surface area (Å²) in [4.78, 5) is 24.2. The first-order valence-electron chi connectivity index (χ1n) is 7.63. The SMILES string of the molecule is O=C(COc1ccc(C=C2SC(=S)NC2=O)cc1Br)Nc1ccc(Cl)cc1. The van der Waals surface area contributed by atoms with E-state index in [1.807, 2.05) is 0 Å². The average Bonchev–Trinajstić information content (AvgIpc) is 2.93. The van der Waals surface area contributed by atoms with Crippen molar-refractivity contribution in [1.29, 1.82) is 0 Å². The zero-order chi connectivity index (χ0) is 19.4. The van der Waals surface area contributed by atoms with Crippen LogP contribution in [-0.4, -0.2) is 22.7 Å². The van der Waals surface area contributed by atoms with Gasteiger partial charge in [-0.2, -0.15) is 0 Å². The molecule has 0 radical (unpaired) electrons. The minimum Gasteiger partial charge on any atom is -0.483 e. The van der Waals surface area contributed by atoms with Crippen molar-refractivity contribution < 1.29 is 14.3 Å². The third kappa shape index (κ3) is 5.55. The van der Waals surface area contributed by atoms with E-state index in [2.05, 4.69) is 26.6 Å². The Morgan fingerprint density at radius 3 is 2.67 bits per heavy atom. The molecular formula is C18H12BrClN2O3S2. The number of hydrogen-bond acceptors (Lipinski definition) is 5. The molecule has 1 fully saturated rings. The Morgan fingerprint density at radius 2 is 2.04 bits per heavy atom. The second-order valence-corrected chi connectivity index (χ2v) is 8.40. The molecule has 2 N–H and O–H groups in total. The normalized spacial score (nSPS) is 15.0. The Labute approximate surface area is 178 Å². The van der Waals surface area contributed by atoms with Crippen molar-refractivity contribution >= 4 is 79.4 Å². The molecule has 3 rings (SSSR count). The second kappa shape index (κ2) is 8.88. The summed E-state index contributed by atoms with van der Waals surface area (Å²) in [6.45, 7) is -0.145. The molecule has 138 valence electrons. The van der Waals surface area contributed by atoms with E-state index in [1.54, 1.807) is 48.5 Å². The number of thioether (sulfide) groups is 1. The Hall–Kier alpha value is -1.87. The Kier molecular flexibility index (Phi) is 6.54. The van der Waals surface area contributed by atoms with Gasteiger partial charge in [0.25, 0.3) is 11.8 Å². The van der Waals surface area contributed by atoms with E-state index in [1.165, 1.54) is 11.8 Å². The third-order valence-electron chi connectivity index (χ3n) is 3.38. The maximum Gasteiger partial charge on any atom is 0.263 e. The van der Waals surface area contributed by atoms with Crippen molar-refractivity contribution in [2.24, 2.45) is 0 Å². The number of carbonyl (C=O) groups excluding carboxylic acids is 2. The van der Waals surface area contributed by atoms with Crippen molar-refractivity contribution in [3.05, 3.63) is 62.4 Å². The lowest BCUT2D eigenvalue weighted by atomic mass is 10.2. The molecule has 0 atom stereocenters. The van der Waals surface area contributed by atoms with E-state index < -0.39 is 0 Å². The molecule has 1 saturated heterocycles. The lowest BCUT2D eigenvalue weighted by Gasteiger charge is -2.09. The van der Waals surface area contributed by atoms with E-state index in [9.17, 15) is 9.59 Å². The first kappa shape index (κ1) is 19.9. The summed E-state index contributed by atoms with van der Waals surface area (Å²) in [5.41, 5.74) is 1.45. The molecule has 5 nitrogen and oxygen atoms in total. The van der Waals surface area contributed by atoms with Crippen LogP contribution < -0.4 is 15.4 Å². The van der Waals surface area contributed by atoms with E-state index in [-0.39, 0.29) is 18.4 Å². The number of ether oxygens (including phenoxy) is 1. The van der Waals surface area contributed by atoms with E-state index in [4.69, 9.17) is 28.6 Å². The fourth-order valence-corrected chi connectivity index (χ4v) is 3.85. The van der Waals surface area contributed by atoms with E-state index >= 15 is 0 Å². The fraction of sp³-hybridized carbons (Fsp3) is 0.0556. The average molecular weight is 484 g/mol. The van der Waals surface area contributed by atoms with Crippen LogP contribution in [0.5, 0.6) is 5.75 Å². The van der Waals surface area contributed by atoms with Gasteiger partial charge in [-0.1, -0.05) is 41.6 Å². The number of thiocarbonyl (C=S) groups is 1. The van der Waals surface area contributed by atoms with Gasteiger partial charge in [-0.05, 0) is 64.0 Å². The van der Waals surface area contributed by atoms with Crippen LogP contribution in [0.2, 0.25) is 5.02 Å². The number of amides is 2. The molecular weight excluding hydrogens is 472 g/mol. The summed E-state index contributed by atoms with van der Waals surface area (Å²) < 4.78 is 6.66. The van der Waals surface area contributed by atoms with Gasteiger partial charge in [0.15, 0.2) is 6.61 Å². The van der Waals surface area contributed by atoms with Crippen LogP contribution in [0.25, 0.3) is 6.08 Å². The minimum absolute atomic E-state index is 0.145.